The highest BCUT2D eigenvalue weighted by Gasteiger charge is 2.15. The van der Waals surface area contributed by atoms with Gasteiger partial charge in [-0.15, -0.1) is 0 Å². The van der Waals surface area contributed by atoms with E-state index in [1.165, 1.54) is 6.21 Å². The van der Waals surface area contributed by atoms with Crippen LogP contribution in [0.15, 0.2) is 29.0 Å². The van der Waals surface area contributed by atoms with E-state index in [9.17, 15) is 4.79 Å². The van der Waals surface area contributed by atoms with Crippen molar-refractivity contribution in [1.82, 2.24) is 5.32 Å². The number of hydrogen-bond donors (Lipinski definition) is 2. The fourth-order valence-corrected chi connectivity index (χ4v) is 0.930. The molecule has 0 bridgehead atoms. The van der Waals surface area contributed by atoms with Crippen LogP contribution in [-0.4, -0.2) is 29.7 Å². The maximum atomic E-state index is 11.4. The van der Waals surface area contributed by atoms with E-state index in [-0.39, 0.29) is 6.54 Å². The zero-order valence-electron chi connectivity index (χ0n) is 10.7. The first-order chi connectivity index (χ1) is 7.89. The predicted octanol–water partition coefficient (Wildman–Crippen LogP) is 2.47. The zero-order valence-corrected chi connectivity index (χ0v) is 10.7. The lowest BCUT2D eigenvalue weighted by Gasteiger charge is -2.19. The Bertz CT molecular complexity index is 325. The third-order valence-corrected chi connectivity index (χ3v) is 1.56. The van der Waals surface area contributed by atoms with E-state index >= 15 is 0 Å². The lowest BCUT2D eigenvalue weighted by Crippen LogP contribution is -2.33. The number of oxime groups is 1. The zero-order chi connectivity index (χ0) is 13.3. The molecule has 0 heterocycles. The third kappa shape index (κ3) is 9.17. The molecule has 0 saturated carbocycles. The highest BCUT2D eigenvalue weighted by Crippen LogP contribution is 2.06. The monoisotopic (exact) mass is 240 g/mol. The minimum atomic E-state index is -0.525. The predicted molar refractivity (Wildman–Crippen MR) is 67.4 cm³/mol. The summed E-state index contributed by atoms with van der Waals surface area (Å²) >= 11 is 0. The van der Waals surface area contributed by atoms with Crippen molar-refractivity contribution in [3.8, 4) is 0 Å². The first-order valence-corrected chi connectivity index (χ1v) is 5.35. The van der Waals surface area contributed by atoms with E-state index < -0.39 is 11.7 Å². The van der Waals surface area contributed by atoms with Gasteiger partial charge in [0.25, 0.3) is 0 Å². The second-order valence-electron chi connectivity index (χ2n) is 4.37. The van der Waals surface area contributed by atoms with Crippen molar-refractivity contribution in [1.29, 1.82) is 0 Å². The van der Waals surface area contributed by atoms with Crippen molar-refractivity contribution in [2.45, 2.75) is 33.3 Å². The number of carbonyl (C=O) groups is 1. The first-order valence-electron chi connectivity index (χ1n) is 5.35. The van der Waals surface area contributed by atoms with Crippen molar-refractivity contribution in [2.75, 3.05) is 6.54 Å². The number of amides is 1. The second-order valence-corrected chi connectivity index (χ2v) is 4.37. The molecule has 5 nitrogen and oxygen atoms in total. The van der Waals surface area contributed by atoms with Gasteiger partial charge in [0.1, 0.15) is 5.60 Å². The molecule has 0 aromatic carbocycles. The molecule has 0 aliphatic heterocycles. The lowest BCUT2D eigenvalue weighted by molar-refractivity contribution is 0.0533. The molecule has 0 atom stereocenters. The fourth-order valence-electron chi connectivity index (χ4n) is 0.930. The van der Waals surface area contributed by atoms with Gasteiger partial charge in [-0.25, -0.2) is 4.79 Å². The average Bonchev–Trinajstić information content (AvgIpc) is 2.19. The summed E-state index contributed by atoms with van der Waals surface area (Å²) in [6.07, 6.45) is 6.11. The summed E-state index contributed by atoms with van der Waals surface area (Å²) in [4.78, 5) is 11.4. The van der Waals surface area contributed by atoms with Gasteiger partial charge in [-0.3, -0.25) is 0 Å². The minimum absolute atomic E-state index is 0.239. The molecule has 0 saturated heterocycles. The van der Waals surface area contributed by atoms with Crippen LogP contribution in [0.3, 0.4) is 0 Å². The summed E-state index contributed by atoms with van der Waals surface area (Å²) in [5.41, 5.74) is 0.138. The van der Waals surface area contributed by atoms with E-state index in [2.05, 4.69) is 10.5 Å². The molecule has 0 aromatic rings. The van der Waals surface area contributed by atoms with E-state index in [4.69, 9.17) is 9.94 Å². The number of allylic oxidation sites excluding steroid dienone is 3. The van der Waals surface area contributed by atoms with Crippen molar-refractivity contribution >= 4 is 12.3 Å². The smallest absolute Gasteiger partial charge is 0.407 e. The molecular weight excluding hydrogens is 220 g/mol. The third-order valence-electron chi connectivity index (χ3n) is 1.56. The van der Waals surface area contributed by atoms with Crippen molar-refractivity contribution < 1.29 is 14.7 Å². The largest absolute Gasteiger partial charge is 0.444 e. The summed E-state index contributed by atoms with van der Waals surface area (Å²) in [5.74, 6) is 0. The Balaban J connectivity index is 4.27. The van der Waals surface area contributed by atoms with Crippen LogP contribution in [0.4, 0.5) is 4.79 Å². The van der Waals surface area contributed by atoms with Gasteiger partial charge in [0, 0.05) is 6.54 Å². The SMILES string of the molecule is C\C=C/C=C(\C=N\O)CNC(=O)OC(C)(C)C. The van der Waals surface area contributed by atoms with Gasteiger partial charge < -0.3 is 15.3 Å². The summed E-state index contributed by atoms with van der Waals surface area (Å²) in [5, 5.41) is 13.9. The van der Waals surface area contributed by atoms with Gasteiger partial charge in [-0.05, 0) is 33.3 Å². The molecule has 0 radical (unpaired) electrons. The maximum Gasteiger partial charge on any atom is 0.407 e. The molecule has 96 valence electrons. The maximum absolute atomic E-state index is 11.4. The molecule has 0 unspecified atom stereocenters. The number of ether oxygens (including phenoxy) is 1. The second kappa shape index (κ2) is 7.49. The molecule has 1 amide bonds. The number of hydrogen-bond acceptors (Lipinski definition) is 4. The fraction of sp³-hybridized carbons (Fsp3) is 0.500. The standard InChI is InChI=1S/C12H20N2O3/c1-5-6-7-10(9-14-16)8-13-11(15)17-12(2,3)4/h5-7,9,16H,8H2,1-4H3,(H,13,15)/b6-5-,10-7-,14-9+. The van der Waals surface area contributed by atoms with Gasteiger partial charge in [-0.2, -0.15) is 0 Å². The topological polar surface area (TPSA) is 70.9 Å². The molecule has 0 aromatic heterocycles. The first kappa shape index (κ1) is 15.2. The summed E-state index contributed by atoms with van der Waals surface area (Å²) in [6, 6.07) is 0. The number of rotatable bonds is 4. The van der Waals surface area contributed by atoms with Crippen LogP contribution in [0.25, 0.3) is 0 Å². The molecular formula is C12H20N2O3. The van der Waals surface area contributed by atoms with Gasteiger partial charge in [0.05, 0.1) is 6.21 Å². The van der Waals surface area contributed by atoms with Crippen LogP contribution in [0.5, 0.6) is 0 Å². The highest BCUT2D eigenvalue weighted by molar-refractivity contribution is 5.80. The quantitative estimate of drug-likeness (QED) is 0.343. The van der Waals surface area contributed by atoms with Crippen LogP contribution in [0.1, 0.15) is 27.7 Å². The Morgan fingerprint density at radius 1 is 1.47 bits per heavy atom. The van der Waals surface area contributed by atoms with Crippen LogP contribution in [0, 0.1) is 0 Å². The van der Waals surface area contributed by atoms with Gasteiger partial charge in [0.15, 0.2) is 0 Å². The normalized spacial score (nSPS) is 13.3. The molecule has 0 rings (SSSR count). The minimum Gasteiger partial charge on any atom is -0.444 e. The molecule has 0 spiro atoms. The molecule has 0 fully saturated rings. The molecule has 0 aliphatic rings. The molecule has 0 aliphatic carbocycles. The summed E-state index contributed by atoms with van der Waals surface area (Å²) < 4.78 is 5.07. The Labute approximate surface area is 102 Å². The molecule has 17 heavy (non-hydrogen) atoms. The van der Waals surface area contributed by atoms with Gasteiger partial charge in [-0.1, -0.05) is 23.4 Å². The van der Waals surface area contributed by atoms with Crippen molar-refractivity contribution in [3.05, 3.63) is 23.8 Å². The Morgan fingerprint density at radius 3 is 2.59 bits per heavy atom. The van der Waals surface area contributed by atoms with Crippen LogP contribution >= 0.6 is 0 Å². The Morgan fingerprint density at radius 2 is 2.12 bits per heavy atom. The number of carbonyl (C=O) groups excluding carboxylic acids is 1. The number of nitrogens with one attached hydrogen (secondary N) is 1. The van der Waals surface area contributed by atoms with Gasteiger partial charge >= 0.3 is 6.09 Å². The average molecular weight is 240 g/mol. The van der Waals surface area contributed by atoms with Crippen molar-refractivity contribution in [3.63, 3.8) is 0 Å². The van der Waals surface area contributed by atoms with E-state index in [1.807, 2.05) is 13.0 Å². The summed E-state index contributed by atoms with van der Waals surface area (Å²) in [6.45, 7) is 7.48. The van der Waals surface area contributed by atoms with Gasteiger partial charge in [0.2, 0.25) is 0 Å². The number of alkyl carbamates (subject to hydrolysis) is 1. The number of nitrogens with zero attached hydrogens (tertiary/aromatic N) is 1. The van der Waals surface area contributed by atoms with Crippen LogP contribution in [0.2, 0.25) is 0 Å². The Kier molecular flexibility index (Phi) is 6.70. The van der Waals surface area contributed by atoms with Crippen LogP contribution in [-0.2, 0) is 4.74 Å². The summed E-state index contributed by atoms with van der Waals surface area (Å²) in [7, 11) is 0. The van der Waals surface area contributed by atoms with E-state index in [0.29, 0.717) is 5.57 Å². The van der Waals surface area contributed by atoms with Crippen molar-refractivity contribution in [2.24, 2.45) is 5.16 Å². The highest BCUT2D eigenvalue weighted by atomic mass is 16.6. The van der Waals surface area contributed by atoms with E-state index in [1.54, 1.807) is 32.9 Å². The molecule has 5 heteroatoms. The molecule has 2 N–H and O–H groups in total. The Hall–Kier alpha value is -1.78. The lowest BCUT2D eigenvalue weighted by atomic mass is 10.2. The van der Waals surface area contributed by atoms with E-state index in [0.717, 1.165) is 0 Å². The van der Waals surface area contributed by atoms with Crippen LogP contribution < -0.4 is 5.32 Å².